The van der Waals surface area contributed by atoms with Gasteiger partial charge in [0.25, 0.3) is 0 Å². The molecule has 0 bridgehead atoms. The third kappa shape index (κ3) is 3.75. The van der Waals surface area contributed by atoms with Crippen molar-refractivity contribution >= 4 is 17.6 Å². The van der Waals surface area contributed by atoms with E-state index in [2.05, 4.69) is 15.6 Å². The molecule has 2 aliphatic heterocycles. The number of nitrogens with one attached hydrogen (secondary N) is 2. The molecule has 2 amide bonds. The molecule has 2 saturated heterocycles. The van der Waals surface area contributed by atoms with Crippen molar-refractivity contribution in [1.82, 2.24) is 15.2 Å². The van der Waals surface area contributed by atoms with E-state index in [1.54, 1.807) is 6.20 Å². The van der Waals surface area contributed by atoms with Crippen molar-refractivity contribution in [2.45, 2.75) is 26.7 Å². The van der Waals surface area contributed by atoms with Crippen LogP contribution in [0.5, 0.6) is 0 Å². The summed E-state index contributed by atoms with van der Waals surface area (Å²) >= 11 is 0. The van der Waals surface area contributed by atoms with Crippen molar-refractivity contribution in [3.05, 3.63) is 23.9 Å². The first-order chi connectivity index (χ1) is 11.5. The van der Waals surface area contributed by atoms with Gasteiger partial charge < -0.3 is 15.5 Å². The molecule has 1 aromatic heterocycles. The Kier molecular flexibility index (Phi) is 5.14. The summed E-state index contributed by atoms with van der Waals surface area (Å²) in [5.74, 6) is 1.03. The number of amides is 2. The first kappa shape index (κ1) is 16.9. The Balaban J connectivity index is 1.57. The predicted octanol–water partition coefficient (Wildman–Crippen LogP) is 1.42. The van der Waals surface area contributed by atoms with Gasteiger partial charge in [-0.1, -0.05) is 13.0 Å². The Hall–Kier alpha value is -1.95. The first-order valence-electron chi connectivity index (χ1n) is 8.77. The molecule has 130 valence electrons. The lowest BCUT2D eigenvalue weighted by atomic mass is 9.87. The number of aryl methyl sites for hydroxylation is 1. The third-order valence-electron chi connectivity index (χ3n) is 5.18. The van der Waals surface area contributed by atoms with Gasteiger partial charge in [-0.3, -0.25) is 9.59 Å². The topological polar surface area (TPSA) is 74.3 Å². The summed E-state index contributed by atoms with van der Waals surface area (Å²) in [5.41, 5.74) is 1.06. The van der Waals surface area contributed by atoms with E-state index in [1.165, 1.54) is 0 Å². The van der Waals surface area contributed by atoms with Crippen molar-refractivity contribution in [2.75, 3.05) is 31.5 Å². The number of hydrogen-bond acceptors (Lipinski definition) is 4. The van der Waals surface area contributed by atoms with E-state index in [0.29, 0.717) is 18.3 Å². The minimum Gasteiger partial charge on any atom is -0.342 e. The van der Waals surface area contributed by atoms with Crippen LogP contribution < -0.4 is 10.6 Å². The van der Waals surface area contributed by atoms with Crippen molar-refractivity contribution in [1.29, 1.82) is 0 Å². The fourth-order valence-corrected chi connectivity index (χ4v) is 3.32. The summed E-state index contributed by atoms with van der Waals surface area (Å²) in [6.45, 7) is 7.08. The van der Waals surface area contributed by atoms with Crippen LogP contribution in [-0.4, -0.2) is 47.9 Å². The molecule has 0 radical (unpaired) electrons. The highest BCUT2D eigenvalue weighted by Gasteiger charge is 2.35. The molecule has 3 rings (SSSR count). The first-order valence-corrected chi connectivity index (χ1v) is 8.77. The second-order valence-electron chi connectivity index (χ2n) is 7.04. The zero-order valence-corrected chi connectivity index (χ0v) is 14.4. The van der Waals surface area contributed by atoms with Crippen molar-refractivity contribution in [3.63, 3.8) is 0 Å². The van der Waals surface area contributed by atoms with Gasteiger partial charge in [0, 0.05) is 25.2 Å². The number of carbonyl (C=O) groups is 2. The van der Waals surface area contributed by atoms with Crippen LogP contribution in [0.2, 0.25) is 0 Å². The molecule has 0 spiro atoms. The molecule has 2 N–H and O–H groups in total. The minimum absolute atomic E-state index is 0.0341. The zero-order chi connectivity index (χ0) is 17.1. The molecule has 2 unspecified atom stereocenters. The van der Waals surface area contributed by atoms with Gasteiger partial charge in [0.05, 0.1) is 5.92 Å². The van der Waals surface area contributed by atoms with Gasteiger partial charge in [0.2, 0.25) is 11.8 Å². The largest absolute Gasteiger partial charge is 0.342 e. The number of aromatic nitrogens is 1. The Morgan fingerprint density at radius 3 is 2.79 bits per heavy atom. The SMILES string of the molecule is Cc1ccc(NC(=O)C2CCCN(C(=O)C(C)C3CNC3)C2)nc1. The van der Waals surface area contributed by atoms with Crippen LogP contribution in [0.4, 0.5) is 5.82 Å². The van der Waals surface area contributed by atoms with Crippen LogP contribution in [0, 0.1) is 24.7 Å². The quantitative estimate of drug-likeness (QED) is 0.876. The third-order valence-corrected chi connectivity index (χ3v) is 5.18. The summed E-state index contributed by atoms with van der Waals surface area (Å²) in [4.78, 5) is 31.2. The van der Waals surface area contributed by atoms with Crippen LogP contribution >= 0.6 is 0 Å². The van der Waals surface area contributed by atoms with Gasteiger partial charge in [-0.25, -0.2) is 4.98 Å². The average molecular weight is 330 g/mol. The second kappa shape index (κ2) is 7.30. The molecular formula is C18H26N4O2. The van der Waals surface area contributed by atoms with Gasteiger partial charge in [0.1, 0.15) is 5.82 Å². The molecule has 3 heterocycles. The van der Waals surface area contributed by atoms with Gasteiger partial charge in [-0.05, 0) is 50.4 Å². The smallest absolute Gasteiger partial charge is 0.230 e. The monoisotopic (exact) mass is 330 g/mol. The maximum atomic E-state index is 12.7. The molecule has 0 aliphatic carbocycles. The second-order valence-corrected chi connectivity index (χ2v) is 7.04. The van der Waals surface area contributed by atoms with E-state index in [0.717, 1.165) is 38.0 Å². The lowest BCUT2D eigenvalue weighted by Gasteiger charge is -2.38. The Labute approximate surface area is 143 Å². The van der Waals surface area contributed by atoms with E-state index in [1.807, 2.05) is 30.9 Å². The van der Waals surface area contributed by atoms with E-state index in [4.69, 9.17) is 0 Å². The van der Waals surface area contributed by atoms with E-state index in [9.17, 15) is 9.59 Å². The van der Waals surface area contributed by atoms with Crippen LogP contribution in [0.3, 0.4) is 0 Å². The molecular weight excluding hydrogens is 304 g/mol. The van der Waals surface area contributed by atoms with Gasteiger partial charge >= 0.3 is 0 Å². The molecule has 24 heavy (non-hydrogen) atoms. The van der Waals surface area contributed by atoms with E-state index in [-0.39, 0.29) is 23.7 Å². The molecule has 6 nitrogen and oxygen atoms in total. The summed E-state index contributed by atoms with van der Waals surface area (Å²) in [6.07, 6.45) is 3.43. The number of anilines is 1. The molecule has 6 heteroatoms. The summed E-state index contributed by atoms with van der Waals surface area (Å²) in [7, 11) is 0. The van der Waals surface area contributed by atoms with Crippen molar-refractivity contribution in [2.24, 2.45) is 17.8 Å². The number of nitrogens with zero attached hydrogens (tertiary/aromatic N) is 2. The molecule has 2 atom stereocenters. The predicted molar refractivity (Wildman–Crippen MR) is 92.4 cm³/mol. The highest BCUT2D eigenvalue weighted by atomic mass is 16.2. The summed E-state index contributed by atoms with van der Waals surface area (Å²) in [5, 5.41) is 6.09. The zero-order valence-electron chi connectivity index (χ0n) is 14.4. The average Bonchev–Trinajstić information content (AvgIpc) is 2.54. The maximum absolute atomic E-state index is 12.7. The molecule has 1 aromatic rings. The number of hydrogen-bond donors (Lipinski definition) is 2. The van der Waals surface area contributed by atoms with Crippen LogP contribution in [0.15, 0.2) is 18.3 Å². The molecule has 0 aromatic carbocycles. The van der Waals surface area contributed by atoms with Crippen LogP contribution in [0.25, 0.3) is 0 Å². The number of pyridine rings is 1. The van der Waals surface area contributed by atoms with Crippen molar-refractivity contribution < 1.29 is 9.59 Å². The summed E-state index contributed by atoms with van der Waals surface area (Å²) in [6, 6.07) is 3.73. The highest BCUT2D eigenvalue weighted by molar-refractivity contribution is 5.92. The summed E-state index contributed by atoms with van der Waals surface area (Å²) < 4.78 is 0. The molecule has 2 fully saturated rings. The van der Waals surface area contributed by atoms with E-state index >= 15 is 0 Å². The number of rotatable bonds is 4. The van der Waals surface area contributed by atoms with Crippen molar-refractivity contribution in [3.8, 4) is 0 Å². The normalized spacial score (nSPS) is 22.6. The lowest BCUT2D eigenvalue weighted by molar-refractivity contribution is -0.140. The molecule has 0 saturated carbocycles. The fraction of sp³-hybridized carbons (Fsp3) is 0.611. The molecule has 2 aliphatic rings. The minimum atomic E-state index is -0.155. The Morgan fingerprint density at radius 1 is 1.38 bits per heavy atom. The number of likely N-dealkylation sites (tertiary alicyclic amines) is 1. The standard InChI is InChI=1S/C18H26N4O2/c1-12-5-6-16(20-8-12)21-17(23)14-4-3-7-22(11-14)18(24)13(2)15-9-19-10-15/h5-6,8,13-15,19H,3-4,7,9-11H2,1-2H3,(H,20,21,23). The van der Waals surface area contributed by atoms with Gasteiger partial charge in [0.15, 0.2) is 0 Å². The highest BCUT2D eigenvalue weighted by Crippen LogP contribution is 2.23. The fourth-order valence-electron chi connectivity index (χ4n) is 3.32. The number of carbonyl (C=O) groups excluding carboxylic acids is 2. The lowest BCUT2D eigenvalue weighted by Crippen LogP contribution is -2.52. The van der Waals surface area contributed by atoms with Crippen LogP contribution in [0.1, 0.15) is 25.3 Å². The Bertz CT molecular complexity index is 598. The van der Waals surface area contributed by atoms with Crippen LogP contribution in [-0.2, 0) is 9.59 Å². The van der Waals surface area contributed by atoms with E-state index < -0.39 is 0 Å². The Morgan fingerprint density at radius 2 is 2.17 bits per heavy atom. The maximum Gasteiger partial charge on any atom is 0.230 e. The van der Waals surface area contributed by atoms with Gasteiger partial charge in [-0.15, -0.1) is 0 Å². The van der Waals surface area contributed by atoms with Gasteiger partial charge in [-0.2, -0.15) is 0 Å². The number of piperidine rings is 1.